The summed E-state index contributed by atoms with van der Waals surface area (Å²) in [5, 5.41) is 9.05. The van der Waals surface area contributed by atoms with Gasteiger partial charge in [0.05, 0.1) is 5.92 Å². The fourth-order valence-corrected chi connectivity index (χ4v) is 2.06. The van der Waals surface area contributed by atoms with E-state index in [0.717, 1.165) is 17.5 Å². The largest absolute Gasteiger partial charge is 0.481 e. The van der Waals surface area contributed by atoms with Crippen LogP contribution in [0.25, 0.3) is 0 Å². The van der Waals surface area contributed by atoms with Crippen LogP contribution in [0.4, 0.5) is 0 Å². The van der Waals surface area contributed by atoms with E-state index in [1.54, 1.807) is 6.92 Å². The third kappa shape index (κ3) is 3.44. The van der Waals surface area contributed by atoms with Crippen molar-refractivity contribution in [3.8, 4) is 0 Å². The lowest BCUT2D eigenvalue weighted by Gasteiger charge is -2.09. The number of aryl methyl sites for hydroxylation is 1. The molecule has 2 rings (SSSR count). The van der Waals surface area contributed by atoms with Crippen molar-refractivity contribution < 1.29 is 9.90 Å². The average Bonchev–Trinajstić information content (AvgIpc) is 2.41. The molecule has 2 aromatic rings. The predicted molar refractivity (Wildman–Crippen MR) is 76.5 cm³/mol. The van der Waals surface area contributed by atoms with Gasteiger partial charge in [0.15, 0.2) is 0 Å². The van der Waals surface area contributed by atoms with E-state index in [1.807, 2.05) is 24.3 Å². The number of benzene rings is 2. The van der Waals surface area contributed by atoms with Gasteiger partial charge in [0.25, 0.3) is 0 Å². The third-order valence-corrected chi connectivity index (χ3v) is 3.35. The summed E-state index contributed by atoms with van der Waals surface area (Å²) in [5.74, 6) is -1.24. The summed E-state index contributed by atoms with van der Waals surface area (Å²) < 4.78 is 0. The summed E-state index contributed by atoms with van der Waals surface area (Å²) in [6, 6.07) is 16.2. The molecule has 0 aromatic heterocycles. The maximum absolute atomic E-state index is 11.0. The molecular formula is C17H18O2. The number of hydrogen-bond acceptors (Lipinski definition) is 1. The minimum absolute atomic E-state index is 0.460. The molecule has 0 spiro atoms. The zero-order chi connectivity index (χ0) is 13.8. The highest BCUT2D eigenvalue weighted by Gasteiger charge is 2.13. The molecule has 1 atom stereocenters. The van der Waals surface area contributed by atoms with Crippen molar-refractivity contribution >= 4 is 5.97 Å². The second-order valence-corrected chi connectivity index (χ2v) is 4.97. The molecule has 98 valence electrons. The molecule has 1 N–H and O–H groups in total. The van der Waals surface area contributed by atoms with Gasteiger partial charge in [-0.15, -0.1) is 0 Å². The van der Waals surface area contributed by atoms with Gasteiger partial charge in [0.1, 0.15) is 0 Å². The second kappa shape index (κ2) is 5.70. The van der Waals surface area contributed by atoms with Crippen LogP contribution in [-0.4, -0.2) is 11.1 Å². The highest BCUT2D eigenvalue weighted by molar-refractivity contribution is 5.75. The van der Waals surface area contributed by atoms with Gasteiger partial charge in [0, 0.05) is 0 Å². The normalized spacial score (nSPS) is 12.1. The van der Waals surface area contributed by atoms with Gasteiger partial charge in [-0.1, -0.05) is 54.1 Å². The molecule has 0 heterocycles. The Kier molecular flexibility index (Phi) is 4.00. The first kappa shape index (κ1) is 13.3. The summed E-state index contributed by atoms with van der Waals surface area (Å²) in [6.07, 6.45) is 0.834. The van der Waals surface area contributed by atoms with Crippen LogP contribution in [0.3, 0.4) is 0 Å². The van der Waals surface area contributed by atoms with Gasteiger partial charge in [-0.25, -0.2) is 0 Å². The second-order valence-electron chi connectivity index (χ2n) is 4.97. The first-order valence-electron chi connectivity index (χ1n) is 6.43. The van der Waals surface area contributed by atoms with E-state index in [0.29, 0.717) is 0 Å². The molecule has 0 radical (unpaired) electrons. The number of carboxylic acids is 1. The molecule has 0 bridgehead atoms. The van der Waals surface area contributed by atoms with Crippen molar-refractivity contribution in [3.05, 3.63) is 70.8 Å². The molecule has 0 amide bonds. The van der Waals surface area contributed by atoms with Crippen molar-refractivity contribution in [2.45, 2.75) is 26.2 Å². The highest BCUT2D eigenvalue weighted by atomic mass is 16.4. The molecule has 19 heavy (non-hydrogen) atoms. The lowest BCUT2D eigenvalue weighted by atomic mass is 9.96. The van der Waals surface area contributed by atoms with E-state index in [2.05, 4.69) is 31.2 Å². The molecule has 0 saturated carbocycles. The Bertz CT molecular complexity index is 570. The summed E-state index contributed by atoms with van der Waals surface area (Å²) in [5.41, 5.74) is 4.49. The predicted octanol–water partition coefficient (Wildman–Crippen LogP) is 3.77. The van der Waals surface area contributed by atoms with E-state index < -0.39 is 11.9 Å². The Hall–Kier alpha value is -2.09. The van der Waals surface area contributed by atoms with Crippen molar-refractivity contribution in [2.75, 3.05) is 0 Å². The fraction of sp³-hybridized carbons (Fsp3) is 0.235. The number of hydrogen-bond donors (Lipinski definition) is 1. The van der Waals surface area contributed by atoms with Crippen LogP contribution in [0, 0.1) is 6.92 Å². The third-order valence-electron chi connectivity index (χ3n) is 3.35. The summed E-state index contributed by atoms with van der Waals surface area (Å²) in [7, 11) is 0. The van der Waals surface area contributed by atoms with Crippen molar-refractivity contribution in [2.24, 2.45) is 0 Å². The van der Waals surface area contributed by atoms with Gasteiger partial charge < -0.3 is 5.11 Å². The Balaban J connectivity index is 2.19. The maximum atomic E-state index is 11.0. The zero-order valence-electron chi connectivity index (χ0n) is 11.3. The summed E-state index contributed by atoms with van der Waals surface area (Å²) >= 11 is 0. The Morgan fingerprint density at radius 2 is 1.79 bits per heavy atom. The highest BCUT2D eigenvalue weighted by Crippen LogP contribution is 2.19. The van der Waals surface area contributed by atoms with Crippen LogP contribution in [0.1, 0.15) is 35.1 Å². The van der Waals surface area contributed by atoms with Crippen molar-refractivity contribution in [3.63, 3.8) is 0 Å². The van der Waals surface area contributed by atoms with E-state index in [-0.39, 0.29) is 0 Å². The molecule has 0 aliphatic heterocycles. The summed E-state index contributed by atoms with van der Waals surface area (Å²) in [6.45, 7) is 3.78. The van der Waals surface area contributed by atoms with Gasteiger partial charge in [-0.05, 0) is 37.0 Å². The Morgan fingerprint density at radius 1 is 1.11 bits per heavy atom. The fourth-order valence-electron chi connectivity index (χ4n) is 2.06. The first-order chi connectivity index (χ1) is 9.06. The van der Waals surface area contributed by atoms with Crippen molar-refractivity contribution in [1.29, 1.82) is 0 Å². The number of carbonyl (C=O) groups is 1. The Morgan fingerprint density at radius 3 is 2.42 bits per heavy atom. The minimum atomic E-state index is -0.785. The molecular weight excluding hydrogens is 236 g/mol. The molecule has 0 aliphatic rings. The molecule has 0 fully saturated rings. The van der Waals surface area contributed by atoms with E-state index in [9.17, 15) is 4.79 Å². The average molecular weight is 254 g/mol. The van der Waals surface area contributed by atoms with Crippen LogP contribution in [-0.2, 0) is 11.2 Å². The first-order valence-corrected chi connectivity index (χ1v) is 6.43. The van der Waals surface area contributed by atoms with Gasteiger partial charge in [0.2, 0.25) is 0 Å². The van der Waals surface area contributed by atoms with E-state index in [4.69, 9.17) is 5.11 Å². The number of aliphatic carboxylic acids is 1. The quantitative estimate of drug-likeness (QED) is 0.901. The lowest BCUT2D eigenvalue weighted by Crippen LogP contribution is -2.07. The number of carboxylic acid groups (broad SMARTS) is 1. The van der Waals surface area contributed by atoms with E-state index >= 15 is 0 Å². The van der Waals surface area contributed by atoms with Crippen LogP contribution in [0.15, 0.2) is 48.5 Å². The maximum Gasteiger partial charge on any atom is 0.310 e. The molecule has 2 nitrogen and oxygen atoms in total. The lowest BCUT2D eigenvalue weighted by molar-refractivity contribution is -0.138. The Labute approximate surface area is 113 Å². The van der Waals surface area contributed by atoms with Crippen LogP contribution < -0.4 is 0 Å². The monoisotopic (exact) mass is 254 g/mol. The van der Waals surface area contributed by atoms with Gasteiger partial charge >= 0.3 is 5.97 Å². The van der Waals surface area contributed by atoms with Crippen molar-refractivity contribution in [1.82, 2.24) is 0 Å². The zero-order valence-corrected chi connectivity index (χ0v) is 11.3. The van der Waals surface area contributed by atoms with Gasteiger partial charge in [-0.3, -0.25) is 4.79 Å². The molecule has 0 saturated heterocycles. The van der Waals surface area contributed by atoms with Crippen LogP contribution >= 0.6 is 0 Å². The van der Waals surface area contributed by atoms with Crippen LogP contribution in [0.5, 0.6) is 0 Å². The standard InChI is InChI=1S/C17H18O2/c1-12-6-8-14(9-7-12)10-15-4-3-5-16(11-15)13(2)17(18)19/h3-9,11,13H,10H2,1-2H3,(H,18,19). The summed E-state index contributed by atoms with van der Waals surface area (Å²) in [4.78, 5) is 11.0. The molecule has 0 aliphatic carbocycles. The molecule has 1 unspecified atom stereocenters. The van der Waals surface area contributed by atoms with E-state index in [1.165, 1.54) is 11.1 Å². The molecule has 2 heteroatoms. The molecule has 2 aromatic carbocycles. The van der Waals surface area contributed by atoms with Crippen LogP contribution in [0.2, 0.25) is 0 Å². The van der Waals surface area contributed by atoms with Gasteiger partial charge in [-0.2, -0.15) is 0 Å². The SMILES string of the molecule is Cc1ccc(Cc2cccc(C(C)C(=O)O)c2)cc1. The topological polar surface area (TPSA) is 37.3 Å². The number of rotatable bonds is 4. The smallest absolute Gasteiger partial charge is 0.310 e. The minimum Gasteiger partial charge on any atom is -0.481 e.